The van der Waals surface area contributed by atoms with Gasteiger partial charge in [0.2, 0.25) is 0 Å². The highest BCUT2D eigenvalue weighted by molar-refractivity contribution is 6.30. The highest BCUT2D eigenvalue weighted by Crippen LogP contribution is 2.30. The number of fused-ring (bicyclic) bond motifs is 3. The number of hydrogen-bond acceptors (Lipinski definition) is 5. The Morgan fingerprint density at radius 2 is 2.00 bits per heavy atom. The Bertz CT molecular complexity index is 1280. The van der Waals surface area contributed by atoms with Gasteiger partial charge in [0.1, 0.15) is 0 Å². The molecule has 8 nitrogen and oxygen atoms in total. The van der Waals surface area contributed by atoms with E-state index in [9.17, 15) is 9.59 Å². The van der Waals surface area contributed by atoms with Gasteiger partial charge in [-0.2, -0.15) is 5.10 Å². The SMILES string of the molecule is COCc1nn2c(ncc3c(=O)n(CCC(=O)O)ccc32)c1-c1ccc(Cl)cc1. The normalized spacial score (nSPS) is 11.4. The van der Waals surface area contributed by atoms with E-state index in [1.807, 2.05) is 12.1 Å². The van der Waals surface area contributed by atoms with Gasteiger partial charge >= 0.3 is 5.97 Å². The van der Waals surface area contributed by atoms with Gasteiger partial charge in [-0.1, -0.05) is 23.7 Å². The van der Waals surface area contributed by atoms with Gasteiger partial charge in [0.05, 0.1) is 35.2 Å². The summed E-state index contributed by atoms with van der Waals surface area (Å²) in [6, 6.07) is 9.09. The number of ether oxygens (including phenoxy) is 1. The number of aryl methyl sites for hydroxylation is 1. The van der Waals surface area contributed by atoms with E-state index in [-0.39, 0.29) is 25.1 Å². The van der Waals surface area contributed by atoms with Gasteiger partial charge in [0.15, 0.2) is 5.65 Å². The monoisotopic (exact) mass is 412 g/mol. The van der Waals surface area contributed by atoms with E-state index in [4.69, 9.17) is 21.4 Å². The zero-order valence-corrected chi connectivity index (χ0v) is 16.3. The number of hydrogen-bond donors (Lipinski definition) is 1. The van der Waals surface area contributed by atoms with Crippen molar-refractivity contribution in [3.05, 3.63) is 63.8 Å². The summed E-state index contributed by atoms with van der Waals surface area (Å²) in [5.74, 6) is -0.963. The minimum atomic E-state index is -0.963. The van der Waals surface area contributed by atoms with E-state index >= 15 is 0 Å². The van der Waals surface area contributed by atoms with Crippen LogP contribution < -0.4 is 5.56 Å². The van der Waals surface area contributed by atoms with E-state index in [0.717, 1.165) is 11.1 Å². The number of benzene rings is 1. The van der Waals surface area contributed by atoms with Crippen molar-refractivity contribution in [2.75, 3.05) is 7.11 Å². The number of halogens is 1. The van der Waals surface area contributed by atoms with Crippen LogP contribution in [0, 0.1) is 0 Å². The first-order valence-electron chi connectivity index (χ1n) is 8.86. The predicted octanol–water partition coefficient (Wildman–Crippen LogP) is 2.99. The lowest BCUT2D eigenvalue weighted by molar-refractivity contribution is -0.137. The fourth-order valence-electron chi connectivity index (χ4n) is 3.30. The molecule has 148 valence electrons. The lowest BCUT2D eigenvalue weighted by atomic mass is 10.1. The van der Waals surface area contributed by atoms with Gasteiger partial charge in [-0.15, -0.1) is 0 Å². The first-order chi connectivity index (χ1) is 14.0. The minimum Gasteiger partial charge on any atom is -0.481 e. The zero-order valence-electron chi connectivity index (χ0n) is 15.5. The lowest BCUT2D eigenvalue weighted by Gasteiger charge is -2.07. The predicted molar refractivity (Wildman–Crippen MR) is 108 cm³/mol. The van der Waals surface area contributed by atoms with Gasteiger partial charge in [-0.25, -0.2) is 9.50 Å². The minimum absolute atomic E-state index is 0.0895. The number of aromatic nitrogens is 4. The maximum absolute atomic E-state index is 12.8. The molecule has 29 heavy (non-hydrogen) atoms. The molecule has 9 heteroatoms. The molecule has 1 N–H and O–H groups in total. The van der Waals surface area contributed by atoms with Crippen LogP contribution in [-0.4, -0.2) is 37.4 Å². The molecule has 0 aliphatic rings. The number of carboxylic acids is 1. The summed E-state index contributed by atoms with van der Waals surface area (Å²) in [5, 5.41) is 14.5. The van der Waals surface area contributed by atoms with Gasteiger partial charge in [0.25, 0.3) is 5.56 Å². The van der Waals surface area contributed by atoms with E-state index in [1.165, 1.54) is 10.8 Å². The van der Waals surface area contributed by atoms with Crippen LogP contribution in [0.3, 0.4) is 0 Å². The molecule has 0 unspecified atom stereocenters. The third-order valence-electron chi connectivity index (χ3n) is 4.64. The molecule has 4 rings (SSSR count). The highest BCUT2D eigenvalue weighted by Gasteiger charge is 2.18. The maximum atomic E-state index is 12.8. The van der Waals surface area contributed by atoms with Gasteiger partial charge in [0, 0.05) is 31.1 Å². The van der Waals surface area contributed by atoms with Crippen molar-refractivity contribution >= 4 is 34.1 Å². The van der Waals surface area contributed by atoms with Gasteiger partial charge in [-0.3, -0.25) is 9.59 Å². The molecule has 0 spiro atoms. The molecule has 3 heterocycles. The standard InChI is InChI=1S/C20H17ClN4O4/c1-29-11-15-18(12-2-4-13(21)5-3-12)19-22-10-14-16(25(19)23-15)6-8-24(20(14)28)9-7-17(26)27/h2-6,8,10H,7,9,11H2,1H3,(H,26,27). The Labute approximate surface area is 169 Å². The summed E-state index contributed by atoms with van der Waals surface area (Å²) in [6.45, 7) is 0.366. The summed E-state index contributed by atoms with van der Waals surface area (Å²) in [5.41, 5.74) is 3.25. The van der Waals surface area contributed by atoms with Crippen molar-refractivity contribution in [2.24, 2.45) is 0 Å². The number of nitrogens with zero attached hydrogens (tertiary/aromatic N) is 4. The van der Waals surface area contributed by atoms with Crippen molar-refractivity contribution in [1.29, 1.82) is 0 Å². The van der Waals surface area contributed by atoms with E-state index in [0.29, 0.717) is 27.3 Å². The van der Waals surface area contributed by atoms with Crippen molar-refractivity contribution < 1.29 is 14.6 Å². The Morgan fingerprint density at radius 3 is 2.69 bits per heavy atom. The molecular formula is C20H17ClN4O4. The van der Waals surface area contributed by atoms with Gasteiger partial charge < -0.3 is 14.4 Å². The average Bonchev–Trinajstić information content (AvgIpc) is 3.07. The number of carboxylic acid groups (broad SMARTS) is 1. The fourth-order valence-corrected chi connectivity index (χ4v) is 3.42. The van der Waals surface area contributed by atoms with Crippen molar-refractivity contribution in [2.45, 2.75) is 19.6 Å². The molecule has 0 radical (unpaired) electrons. The lowest BCUT2D eigenvalue weighted by Crippen LogP contribution is -2.21. The summed E-state index contributed by atoms with van der Waals surface area (Å²) >= 11 is 6.01. The summed E-state index contributed by atoms with van der Waals surface area (Å²) in [4.78, 5) is 28.1. The molecule has 3 aromatic heterocycles. The molecule has 4 aromatic rings. The number of pyridine rings is 1. The van der Waals surface area contributed by atoms with Gasteiger partial charge in [-0.05, 0) is 23.8 Å². The van der Waals surface area contributed by atoms with Crippen LogP contribution in [0.25, 0.3) is 27.7 Å². The number of methoxy groups -OCH3 is 1. The Hall–Kier alpha value is -3.23. The first kappa shape index (κ1) is 19.1. The molecule has 1 aromatic carbocycles. The molecule has 0 atom stereocenters. The molecule has 0 aliphatic carbocycles. The van der Waals surface area contributed by atoms with Crippen LogP contribution in [0.4, 0.5) is 0 Å². The third kappa shape index (κ3) is 3.48. The second-order valence-electron chi connectivity index (χ2n) is 6.51. The van der Waals surface area contributed by atoms with Crippen LogP contribution in [0.1, 0.15) is 12.1 Å². The fraction of sp³-hybridized carbons (Fsp3) is 0.200. The summed E-state index contributed by atoms with van der Waals surface area (Å²) < 4.78 is 8.29. The molecule has 0 aliphatic heterocycles. The van der Waals surface area contributed by atoms with Crippen LogP contribution >= 0.6 is 11.6 Å². The second-order valence-corrected chi connectivity index (χ2v) is 6.95. The first-order valence-corrected chi connectivity index (χ1v) is 9.24. The van der Waals surface area contributed by atoms with E-state index in [1.54, 1.807) is 36.0 Å². The van der Waals surface area contributed by atoms with Crippen molar-refractivity contribution in [1.82, 2.24) is 19.2 Å². The van der Waals surface area contributed by atoms with Crippen LogP contribution in [0.2, 0.25) is 5.02 Å². The highest BCUT2D eigenvalue weighted by atomic mass is 35.5. The maximum Gasteiger partial charge on any atom is 0.305 e. The smallest absolute Gasteiger partial charge is 0.305 e. The molecule has 0 fully saturated rings. The summed E-state index contributed by atoms with van der Waals surface area (Å²) in [7, 11) is 1.59. The van der Waals surface area contributed by atoms with E-state index in [2.05, 4.69) is 10.1 Å². The van der Waals surface area contributed by atoms with Crippen LogP contribution in [0.15, 0.2) is 47.5 Å². The molecular weight excluding hydrogens is 396 g/mol. The quantitative estimate of drug-likeness (QED) is 0.522. The molecule has 0 amide bonds. The van der Waals surface area contributed by atoms with Crippen LogP contribution in [-0.2, 0) is 22.7 Å². The number of aliphatic carboxylic acids is 1. The van der Waals surface area contributed by atoms with E-state index < -0.39 is 5.97 Å². The molecule has 0 saturated heterocycles. The van der Waals surface area contributed by atoms with Crippen molar-refractivity contribution in [3.63, 3.8) is 0 Å². The topological polar surface area (TPSA) is 98.7 Å². The Kier molecular flexibility index (Phi) is 5.04. The largest absolute Gasteiger partial charge is 0.481 e. The zero-order chi connectivity index (χ0) is 20.5. The van der Waals surface area contributed by atoms with Crippen LogP contribution in [0.5, 0.6) is 0 Å². The average molecular weight is 413 g/mol. The number of carbonyl (C=O) groups is 1. The van der Waals surface area contributed by atoms with Crippen molar-refractivity contribution in [3.8, 4) is 11.1 Å². The number of rotatable bonds is 6. The molecule has 0 saturated carbocycles. The molecule has 0 bridgehead atoms. The second kappa shape index (κ2) is 7.65. The Balaban J connectivity index is 1.93. The Morgan fingerprint density at radius 1 is 1.24 bits per heavy atom. The summed E-state index contributed by atoms with van der Waals surface area (Å²) in [6.07, 6.45) is 2.94. The third-order valence-corrected chi connectivity index (χ3v) is 4.89.